The van der Waals surface area contributed by atoms with Crippen molar-refractivity contribution in [3.63, 3.8) is 0 Å². The number of aromatic nitrogens is 4. The predicted molar refractivity (Wildman–Crippen MR) is 228 cm³/mol. The molecule has 4 rings (SSSR count). The molecule has 2 radical (unpaired) electrons. The van der Waals surface area contributed by atoms with Crippen LogP contribution in [0.3, 0.4) is 0 Å². The van der Waals surface area contributed by atoms with Crippen LogP contribution in [0.2, 0.25) is 0 Å². The summed E-state index contributed by atoms with van der Waals surface area (Å²) in [7, 11) is 0. The van der Waals surface area contributed by atoms with E-state index in [4.69, 9.17) is 91.9 Å². The van der Waals surface area contributed by atoms with E-state index in [0.717, 1.165) is 22.8 Å². The Morgan fingerprint density at radius 2 is 0.413 bits per heavy atom. The second-order valence-electron chi connectivity index (χ2n) is 11.1. The third-order valence-electron chi connectivity index (χ3n) is 3.66. The Morgan fingerprint density at radius 1 is 0.333 bits per heavy atom. The Kier molecular flexibility index (Phi) is 165. The molecule has 0 unspecified atom stereocenters. The third kappa shape index (κ3) is 243. The van der Waals surface area contributed by atoms with Crippen molar-refractivity contribution in [3.8, 4) is 23.5 Å². The van der Waals surface area contributed by atoms with E-state index in [1.165, 1.54) is 65.8 Å². The molecule has 0 aromatic carbocycles. The van der Waals surface area contributed by atoms with Gasteiger partial charge in [-0.3, -0.25) is 0 Å². The van der Waals surface area contributed by atoms with Crippen LogP contribution in [0.15, 0.2) is 72.8 Å². The molecule has 0 atom stereocenters. The van der Waals surface area contributed by atoms with Crippen molar-refractivity contribution in [1.82, 2.24) is 0 Å². The molecule has 0 spiro atoms. The van der Waals surface area contributed by atoms with E-state index in [-0.39, 0.29) is 216 Å². The van der Waals surface area contributed by atoms with Crippen LogP contribution < -0.4 is 40.4 Å². The molecule has 39 heteroatoms. The van der Waals surface area contributed by atoms with Crippen molar-refractivity contribution in [1.29, 1.82) is 0 Å². The van der Waals surface area contributed by atoms with Crippen molar-refractivity contribution in [2.75, 3.05) is 0 Å². The minimum Gasteiger partial charge on any atom is -0.823 e. The van der Waals surface area contributed by atoms with Gasteiger partial charge in [0.2, 0.25) is 0 Å². The summed E-state index contributed by atoms with van der Waals surface area (Å²) in [6, 6.07) is 20.3. The number of hydrogen-bond acceptors (Lipinski definition) is 18. The van der Waals surface area contributed by atoms with Crippen molar-refractivity contribution < 1.29 is 325 Å². The van der Waals surface area contributed by atoms with E-state index in [2.05, 4.69) is 19.9 Å². The fraction of sp³-hybridized carbons (Fsp3) is 0.444. The zero-order valence-corrected chi connectivity index (χ0v) is 53.9. The van der Waals surface area contributed by atoms with Gasteiger partial charge in [-0.25, -0.2) is 40.8 Å². The van der Waals surface area contributed by atoms with Gasteiger partial charge in [0, 0.05) is 211 Å². The number of nitrogens with one attached hydrogen (secondary N) is 4. The van der Waals surface area contributed by atoms with Gasteiger partial charge in [0.05, 0.1) is 0 Å². The summed E-state index contributed by atoms with van der Waals surface area (Å²) in [4.78, 5) is 27.4. The van der Waals surface area contributed by atoms with Gasteiger partial charge in [0.15, 0.2) is 22.8 Å². The third-order valence-corrected chi connectivity index (χ3v) is 3.66. The van der Waals surface area contributed by atoms with Crippen LogP contribution in [0.25, 0.3) is 0 Å². The summed E-state index contributed by atoms with van der Waals surface area (Å²) >= 11 is 0. The fourth-order valence-corrected chi connectivity index (χ4v) is 2.23. The van der Waals surface area contributed by atoms with E-state index < -0.39 is 47.9 Å². The smallest absolute Gasteiger partial charge is 0.472 e. The molecule has 0 bridgehead atoms. The Hall–Kier alpha value is -1.35. The maximum absolute atomic E-state index is 10.4. The van der Waals surface area contributed by atoms with Crippen LogP contribution in [-0.4, -0.2) is 163 Å². The number of aliphatic hydroxyl groups excluding tert-OH is 6. The minimum atomic E-state index is -1.25. The van der Waals surface area contributed by atoms with Gasteiger partial charge in [0.1, 0.15) is 71.1 Å². The molecule has 0 aliphatic heterocycles. The monoisotopic (exact) mass is 1570 g/mol. The minimum absolute atomic E-state index is 0. The molecule has 0 amide bonds. The molecule has 446 valence electrons. The zero-order chi connectivity index (χ0) is 52.6. The Balaban J connectivity index is -0.0000000269. The van der Waals surface area contributed by atoms with E-state index in [1.807, 2.05) is 52.0 Å². The normalized spacial score (nSPS) is 7.41. The average molecular weight is 1580 g/mol. The average Bonchev–Trinajstić information content (AvgIpc) is 3.03. The SMILES string of the molecule is CC(O)O.CC(O)O.CC(O)O.CC(O)O.CC(O)O.CC(O)O.Cc1cccc([O-])[nH+]1.Cc1cccc([O-])[nH+]1.Cc1cccc([O-])[nH+]1.Cc1cccc([O-])[nH+]1.O.O.O.O.O.O.O=[N+](O)O.O=[N+](O)O.[Ce].[Ce].[Ce].[Mn].[Mn]. The quantitative estimate of drug-likeness (QED) is 0.0442. The number of H-pyrrole nitrogens is 4. The number of pyridine rings is 4. The van der Waals surface area contributed by atoms with Crippen LogP contribution >= 0.6 is 0 Å². The molecular formula is C36H80Ce3Mn2N6O28+2. The number of nitrogens with zero attached hydrogens (tertiary/aromatic N) is 2. The summed E-state index contributed by atoms with van der Waals surface area (Å²) < 4.78 is 0. The summed E-state index contributed by atoms with van der Waals surface area (Å²) in [6.07, 6.45) is -7.00. The van der Waals surface area contributed by atoms with Crippen molar-refractivity contribution in [3.05, 3.63) is 105 Å². The topological polar surface area (TPSA) is 702 Å². The molecule has 0 saturated carbocycles. The molecule has 32 N–H and O–H groups in total. The number of rotatable bonds is 0. The van der Waals surface area contributed by atoms with E-state index in [0.29, 0.717) is 0 Å². The molecule has 4 aromatic heterocycles. The number of aliphatic hydroxyl groups is 12. The maximum Gasteiger partial charge on any atom is 0.472 e. The first-order valence-corrected chi connectivity index (χ1v) is 17.5. The van der Waals surface area contributed by atoms with Crippen molar-refractivity contribution >= 4 is 0 Å². The molecule has 4 aromatic rings. The first-order chi connectivity index (χ1) is 29.0. The van der Waals surface area contributed by atoms with Gasteiger partial charge in [-0.15, -0.1) is 0 Å². The first kappa shape index (κ1) is 130. The molecule has 75 heavy (non-hydrogen) atoms. The number of hydrogen-bond donors (Lipinski definition) is 16. The van der Waals surface area contributed by atoms with Gasteiger partial charge < -0.3 is 115 Å². The second-order valence-corrected chi connectivity index (χ2v) is 11.1. The summed E-state index contributed by atoms with van der Waals surface area (Å²) in [5.41, 5.74) is 3.60. The Labute approximate surface area is 554 Å². The Bertz CT molecular complexity index is 1320. The van der Waals surface area contributed by atoms with Crippen LogP contribution in [-0.2, 0) is 34.1 Å². The first-order valence-electron chi connectivity index (χ1n) is 17.5. The molecular weight excluding hydrogens is 1490 g/mol. The molecule has 4 heterocycles. The van der Waals surface area contributed by atoms with Gasteiger partial charge in [-0.2, -0.15) is 0 Å². The molecule has 0 aliphatic carbocycles. The standard InChI is InChI=1S/4C6H7NO.6C2H6O2.3Ce.2Mn.2H2NO3.6H2O/c4*1-5-3-2-4-6(8)7-5;6*1-2(3)4;;;;;;2*2-1(3)4;;;;;;/h4*2-4H,1H3,(H,7,8);6*2-4H,1H3;;;;;;2*(H2,2,3,4);6*1H2/q;;;;;;;;;;;;;;;2*+1;;;;;;. The van der Waals surface area contributed by atoms with Gasteiger partial charge >= 0.3 is 10.2 Å². The number of aromatic amines is 4. The largest absolute Gasteiger partial charge is 0.823 e. The van der Waals surface area contributed by atoms with Gasteiger partial charge in [-0.05, 0) is 65.8 Å². The molecule has 34 nitrogen and oxygen atoms in total. The second kappa shape index (κ2) is 95.0. The summed E-state index contributed by atoms with van der Waals surface area (Å²) in [5, 5.41) is 158. The van der Waals surface area contributed by atoms with Crippen molar-refractivity contribution in [2.45, 2.75) is 107 Å². The van der Waals surface area contributed by atoms with Crippen LogP contribution in [0.1, 0.15) is 64.3 Å². The molecule has 0 fully saturated rings. The van der Waals surface area contributed by atoms with Gasteiger partial charge in [0.25, 0.3) is 0 Å². The van der Waals surface area contributed by atoms with Crippen molar-refractivity contribution in [2.24, 2.45) is 0 Å². The van der Waals surface area contributed by atoms with E-state index in [1.54, 1.807) is 24.3 Å². The van der Waals surface area contributed by atoms with E-state index in [9.17, 15) is 20.4 Å². The van der Waals surface area contributed by atoms with E-state index >= 15 is 0 Å². The maximum atomic E-state index is 10.4. The molecule has 0 aliphatic rings. The van der Waals surface area contributed by atoms with Crippen LogP contribution in [0.5, 0.6) is 23.5 Å². The Morgan fingerprint density at radius 3 is 0.453 bits per heavy atom. The summed E-state index contributed by atoms with van der Waals surface area (Å²) in [6.45, 7) is 15.1. The summed E-state index contributed by atoms with van der Waals surface area (Å²) in [5.74, 6) is -0.148. The van der Waals surface area contributed by atoms with Crippen LogP contribution in [0, 0.1) is 163 Å². The van der Waals surface area contributed by atoms with Gasteiger partial charge in [-0.1, -0.05) is 24.3 Å². The zero-order valence-electron chi connectivity index (χ0n) is 42.1. The van der Waals surface area contributed by atoms with Crippen LogP contribution in [0.4, 0.5) is 0 Å². The number of aryl methyl sites for hydroxylation is 4. The fourth-order valence-electron chi connectivity index (χ4n) is 2.23. The predicted octanol–water partition coefficient (Wildman–Crippen LogP) is -10.4. The molecule has 0 saturated heterocycles.